The summed E-state index contributed by atoms with van der Waals surface area (Å²) in [5.74, 6) is -0.623. The van der Waals surface area contributed by atoms with Crippen molar-refractivity contribution in [1.82, 2.24) is 24.6 Å². The second-order valence-corrected chi connectivity index (χ2v) is 6.60. The third-order valence-corrected chi connectivity index (χ3v) is 4.76. The summed E-state index contributed by atoms with van der Waals surface area (Å²) in [4.78, 5) is 43.9. The Morgan fingerprint density at radius 1 is 1.29 bits per heavy atom. The van der Waals surface area contributed by atoms with Crippen molar-refractivity contribution in [3.05, 3.63) is 68.8 Å². The number of halogens is 1. The molecule has 1 amide bonds. The van der Waals surface area contributed by atoms with Gasteiger partial charge in [0.05, 0.1) is 6.54 Å². The molecule has 1 aromatic carbocycles. The molecule has 1 aliphatic heterocycles. The van der Waals surface area contributed by atoms with Crippen molar-refractivity contribution >= 4 is 5.91 Å². The minimum atomic E-state index is -2.01. The van der Waals surface area contributed by atoms with Crippen LogP contribution in [0.4, 0.5) is 4.39 Å². The SMILES string of the molecule is Cn1c(=O)[nH]cc(C(=O)N2CCC(F)(c3nc(-c4ccccc4)no3)C2)c1=O. The van der Waals surface area contributed by atoms with Gasteiger partial charge in [-0.05, 0) is 0 Å². The minimum Gasteiger partial charge on any atom is -0.335 e. The van der Waals surface area contributed by atoms with Crippen LogP contribution in [0.2, 0.25) is 0 Å². The Kier molecular flexibility index (Phi) is 4.17. The van der Waals surface area contributed by atoms with Crippen LogP contribution < -0.4 is 11.2 Å². The standard InChI is InChI=1S/C18H16FN5O4/c1-23-14(25)12(9-20-17(23)27)15(26)24-8-7-18(19,10-24)16-21-13(22-28-16)11-5-3-2-4-6-11/h2-6,9H,7-8,10H2,1H3,(H,20,27). The third kappa shape index (κ3) is 2.92. The highest BCUT2D eigenvalue weighted by molar-refractivity contribution is 5.93. The number of aromatic nitrogens is 4. The van der Waals surface area contributed by atoms with Crippen LogP contribution in [0.1, 0.15) is 22.7 Å². The van der Waals surface area contributed by atoms with Crippen LogP contribution in [0.25, 0.3) is 11.4 Å². The van der Waals surface area contributed by atoms with E-state index in [-0.39, 0.29) is 36.8 Å². The van der Waals surface area contributed by atoms with E-state index in [1.165, 1.54) is 11.9 Å². The van der Waals surface area contributed by atoms with Crippen LogP contribution in [0, 0.1) is 0 Å². The first-order valence-corrected chi connectivity index (χ1v) is 8.55. The smallest absolute Gasteiger partial charge is 0.328 e. The summed E-state index contributed by atoms with van der Waals surface area (Å²) in [6.07, 6.45) is 1.00. The molecule has 0 bridgehead atoms. The molecule has 10 heteroatoms. The van der Waals surface area contributed by atoms with E-state index in [0.717, 1.165) is 10.8 Å². The number of nitrogens with one attached hydrogen (secondary N) is 1. The van der Waals surface area contributed by atoms with Gasteiger partial charge in [0.25, 0.3) is 17.4 Å². The molecule has 1 fully saturated rings. The van der Waals surface area contributed by atoms with Crippen molar-refractivity contribution in [2.24, 2.45) is 7.05 Å². The summed E-state index contributed by atoms with van der Waals surface area (Å²) in [7, 11) is 1.25. The number of benzene rings is 1. The molecule has 0 radical (unpaired) electrons. The molecule has 144 valence electrons. The van der Waals surface area contributed by atoms with Crippen LogP contribution in [0.3, 0.4) is 0 Å². The van der Waals surface area contributed by atoms with Gasteiger partial charge in [-0.1, -0.05) is 35.5 Å². The van der Waals surface area contributed by atoms with Crippen molar-refractivity contribution in [2.45, 2.75) is 12.1 Å². The van der Waals surface area contributed by atoms with E-state index < -0.39 is 22.8 Å². The van der Waals surface area contributed by atoms with Crippen LogP contribution in [0.5, 0.6) is 0 Å². The number of amides is 1. The topological polar surface area (TPSA) is 114 Å². The summed E-state index contributed by atoms with van der Waals surface area (Å²) < 4.78 is 21.3. The fraction of sp³-hybridized carbons (Fsp3) is 0.278. The van der Waals surface area contributed by atoms with Crippen LogP contribution in [0.15, 0.2) is 50.6 Å². The highest BCUT2D eigenvalue weighted by atomic mass is 19.1. The number of aromatic amines is 1. The Balaban J connectivity index is 1.57. The average Bonchev–Trinajstić information content (AvgIpc) is 3.35. The fourth-order valence-electron chi connectivity index (χ4n) is 3.12. The van der Waals surface area contributed by atoms with Gasteiger partial charge in [-0.25, -0.2) is 9.18 Å². The van der Waals surface area contributed by atoms with Crippen molar-refractivity contribution in [1.29, 1.82) is 0 Å². The molecule has 2 aromatic heterocycles. The lowest BCUT2D eigenvalue weighted by Crippen LogP contribution is -2.40. The number of hydrogen-bond acceptors (Lipinski definition) is 6. The highest BCUT2D eigenvalue weighted by Gasteiger charge is 2.47. The van der Waals surface area contributed by atoms with Crippen molar-refractivity contribution in [2.75, 3.05) is 13.1 Å². The monoisotopic (exact) mass is 385 g/mol. The zero-order valence-corrected chi connectivity index (χ0v) is 14.9. The Morgan fingerprint density at radius 2 is 2.04 bits per heavy atom. The molecule has 3 aromatic rings. The van der Waals surface area contributed by atoms with E-state index in [0.29, 0.717) is 5.56 Å². The maximum Gasteiger partial charge on any atom is 0.328 e. The second-order valence-electron chi connectivity index (χ2n) is 6.60. The molecular weight excluding hydrogens is 369 g/mol. The molecular formula is C18H16FN5O4. The highest BCUT2D eigenvalue weighted by Crippen LogP contribution is 2.36. The van der Waals surface area contributed by atoms with Gasteiger partial charge >= 0.3 is 5.69 Å². The number of hydrogen-bond donors (Lipinski definition) is 1. The first-order valence-electron chi connectivity index (χ1n) is 8.55. The average molecular weight is 385 g/mol. The fourth-order valence-corrected chi connectivity index (χ4v) is 3.12. The number of carbonyl (C=O) groups is 1. The van der Waals surface area contributed by atoms with Crippen LogP contribution >= 0.6 is 0 Å². The van der Waals surface area contributed by atoms with E-state index >= 15 is 4.39 Å². The molecule has 4 rings (SSSR count). The molecule has 1 saturated heterocycles. The Labute approximate surface area is 157 Å². The largest absolute Gasteiger partial charge is 0.335 e. The first-order chi connectivity index (χ1) is 13.4. The van der Waals surface area contributed by atoms with Gasteiger partial charge in [0.1, 0.15) is 5.56 Å². The van der Waals surface area contributed by atoms with Gasteiger partial charge in [0, 0.05) is 31.8 Å². The molecule has 0 saturated carbocycles. The lowest BCUT2D eigenvalue weighted by Gasteiger charge is -2.17. The molecule has 1 N–H and O–H groups in total. The molecule has 0 aliphatic carbocycles. The predicted molar refractivity (Wildman–Crippen MR) is 95.3 cm³/mol. The molecule has 1 atom stereocenters. The summed E-state index contributed by atoms with van der Waals surface area (Å²) in [5.41, 5.74) is -2.94. The molecule has 9 nitrogen and oxygen atoms in total. The maximum absolute atomic E-state index is 15.4. The lowest BCUT2D eigenvalue weighted by molar-refractivity contribution is 0.0714. The van der Waals surface area contributed by atoms with Gasteiger partial charge < -0.3 is 14.4 Å². The van der Waals surface area contributed by atoms with Crippen LogP contribution in [-0.4, -0.2) is 43.6 Å². The summed E-state index contributed by atoms with van der Waals surface area (Å²) >= 11 is 0. The van der Waals surface area contributed by atoms with E-state index in [1.54, 1.807) is 24.3 Å². The van der Waals surface area contributed by atoms with Gasteiger partial charge in [0.15, 0.2) is 0 Å². The van der Waals surface area contributed by atoms with E-state index in [2.05, 4.69) is 15.1 Å². The van der Waals surface area contributed by atoms with Crippen molar-refractivity contribution in [3.8, 4) is 11.4 Å². The van der Waals surface area contributed by atoms with Gasteiger partial charge in [-0.15, -0.1) is 0 Å². The molecule has 28 heavy (non-hydrogen) atoms. The zero-order chi connectivity index (χ0) is 19.9. The maximum atomic E-state index is 15.4. The summed E-state index contributed by atoms with van der Waals surface area (Å²) in [5, 5.41) is 3.82. The number of alkyl halides is 1. The zero-order valence-electron chi connectivity index (χ0n) is 14.9. The minimum absolute atomic E-state index is 0.0428. The number of carbonyl (C=O) groups excluding carboxylic acids is 1. The normalized spacial score (nSPS) is 19.1. The van der Waals surface area contributed by atoms with Gasteiger partial charge in [-0.2, -0.15) is 4.98 Å². The Bertz CT molecular complexity index is 1150. The summed E-state index contributed by atoms with van der Waals surface area (Å²) in [6, 6.07) is 8.99. The summed E-state index contributed by atoms with van der Waals surface area (Å²) in [6.45, 7) is -0.259. The van der Waals surface area contributed by atoms with Crippen molar-refractivity contribution in [3.63, 3.8) is 0 Å². The number of nitrogens with zero attached hydrogens (tertiary/aromatic N) is 4. The number of H-pyrrole nitrogens is 1. The van der Waals surface area contributed by atoms with Gasteiger partial charge in [0.2, 0.25) is 11.5 Å². The second kappa shape index (κ2) is 6.55. The molecule has 1 unspecified atom stereocenters. The van der Waals surface area contributed by atoms with E-state index in [4.69, 9.17) is 4.52 Å². The lowest BCUT2D eigenvalue weighted by atomic mass is 10.1. The molecule has 1 aliphatic rings. The van der Waals surface area contributed by atoms with Crippen molar-refractivity contribution < 1.29 is 13.7 Å². The van der Waals surface area contributed by atoms with E-state index in [1.807, 2.05) is 6.07 Å². The Morgan fingerprint density at radius 3 is 2.79 bits per heavy atom. The third-order valence-electron chi connectivity index (χ3n) is 4.76. The Hall–Kier alpha value is -3.56. The molecule has 3 heterocycles. The molecule has 0 spiro atoms. The number of rotatable bonds is 3. The van der Waals surface area contributed by atoms with E-state index in [9.17, 15) is 14.4 Å². The first kappa shape index (κ1) is 17.8. The predicted octanol–water partition coefficient (Wildman–Crippen LogP) is 0.835. The van der Waals surface area contributed by atoms with Crippen LogP contribution in [-0.2, 0) is 12.7 Å². The van der Waals surface area contributed by atoms with Gasteiger partial charge in [-0.3, -0.25) is 14.2 Å². The quantitative estimate of drug-likeness (QED) is 0.714. The number of likely N-dealkylation sites (tertiary alicyclic amines) is 1.